The third kappa shape index (κ3) is 0.847. The molecule has 2 aromatic carbocycles. The zero-order chi connectivity index (χ0) is 10.7. The molecular formula is C13H9N2S+. The maximum absolute atomic E-state index is 5.87. The summed E-state index contributed by atoms with van der Waals surface area (Å²) in [6.45, 7) is 0. The maximum Gasteiger partial charge on any atom is 0.277 e. The van der Waals surface area contributed by atoms with E-state index >= 15 is 0 Å². The average Bonchev–Trinajstić information content (AvgIpc) is 2.80. The Labute approximate surface area is 96.6 Å². The van der Waals surface area contributed by atoms with Gasteiger partial charge in [-0.25, -0.2) is 0 Å². The molecule has 0 saturated heterocycles. The normalized spacial score (nSPS) is 12.0. The van der Waals surface area contributed by atoms with Gasteiger partial charge in [0.25, 0.3) is 5.01 Å². The molecule has 2 heterocycles. The largest absolute Gasteiger partial charge is 0.385 e. The van der Waals surface area contributed by atoms with Gasteiger partial charge in [0.15, 0.2) is 5.00 Å². The molecule has 2 nitrogen and oxygen atoms in total. The van der Waals surface area contributed by atoms with E-state index in [1.165, 1.54) is 27.0 Å². The van der Waals surface area contributed by atoms with Crippen LogP contribution >= 0.6 is 11.3 Å². The fraction of sp³-hybridized carbons (Fsp3) is 0. The molecule has 1 aliphatic rings. The van der Waals surface area contributed by atoms with E-state index in [0.717, 1.165) is 5.00 Å². The summed E-state index contributed by atoms with van der Waals surface area (Å²) in [4.78, 5) is 0. The van der Waals surface area contributed by atoms with E-state index in [0.29, 0.717) is 0 Å². The second kappa shape index (κ2) is 2.62. The lowest BCUT2D eigenvalue weighted by Gasteiger charge is -1.95. The Morgan fingerprint density at radius 1 is 1.06 bits per heavy atom. The van der Waals surface area contributed by atoms with Crippen LogP contribution in [0.3, 0.4) is 0 Å². The third-order valence-electron chi connectivity index (χ3n) is 3.06. The standard InChI is InChI=1S/C13H9N2S/c14-11-7-15-10-6-2-4-8-3-1-5-9(12(8)10)13(15)16-11/h1-7H,14H2/q+1. The van der Waals surface area contributed by atoms with Gasteiger partial charge in [0.2, 0.25) is 11.9 Å². The zero-order valence-corrected chi connectivity index (χ0v) is 9.29. The third-order valence-corrected chi connectivity index (χ3v) is 4.01. The second-order valence-corrected chi connectivity index (χ2v) is 5.05. The lowest BCUT2D eigenvalue weighted by atomic mass is 10.1. The highest BCUT2D eigenvalue weighted by Gasteiger charge is 2.31. The SMILES string of the molecule is Nc1c[n+]2c(s1)-c1cccc3cccc-2c13. The van der Waals surface area contributed by atoms with Crippen LogP contribution in [-0.4, -0.2) is 0 Å². The Hall–Kier alpha value is -1.87. The number of fused-ring (bicyclic) bond motifs is 3. The highest BCUT2D eigenvalue weighted by Crippen LogP contribution is 2.39. The summed E-state index contributed by atoms with van der Waals surface area (Å²) in [5.41, 5.74) is 8.42. The van der Waals surface area contributed by atoms with Gasteiger partial charge in [0, 0.05) is 6.07 Å². The quantitative estimate of drug-likeness (QED) is 0.458. The molecule has 3 heteroatoms. The molecule has 76 valence electrons. The maximum atomic E-state index is 5.87. The molecule has 1 aromatic heterocycles. The Balaban J connectivity index is 2.28. The topological polar surface area (TPSA) is 29.9 Å². The van der Waals surface area contributed by atoms with Crippen LogP contribution in [0.4, 0.5) is 5.00 Å². The van der Waals surface area contributed by atoms with Crippen LogP contribution in [0.5, 0.6) is 0 Å². The molecule has 0 atom stereocenters. The van der Waals surface area contributed by atoms with E-state index in [-0.39, 0.29) is 0 Å². The van der Waals surface area contributed by atoms with Crippen molar-refractivity contribution in [1.29, 1.82) is 0 Å². The molecule has 0 amide bonds. The number of hydrogen-bond donors (Lipinski definition) is 1. The van der Waals surface area contributed by atoms with Crippen molar-refractivity contribution in [2.75, 3.05) is 5.73 Å². The van der Waals surface area contributed by atoms with Gasteiger partial charge in [-0.2, -0.15) is 0 Å². The van der Waals surface area contributed by atoms with Crippen molar-refractivity contribution in [2.24, 2.45) is 0 Å². The Morgan fingerprint density at radius 2 is 1.88 bits per heavy atom. The minimum absolute atomic E-state index is 0.863. The number of thiazole rings is 1. The van der Waals surface area contributed by atoms with Crippen molar-refractivity contribution in [3.63, 3.8) is 0 Å². The van der Waals surface area contributed by atoms with Gasteiger partial charge in [-0.05, 0) is 22.8 Å². The molecule has 0 fully saturated rings. The highest BCUT2D eigenvalue weighted by molar-refractivity contribution is 7.18. The van der Waals surface area contributed by atoms with Gasteiger partial charge in [-0.15, -0.1) is 4.57 Å². The molecule has 3 aromatic rings. The summed E-state index contributed by atoms with van der Waals surface area (Å²) in [6.07, 6.45) is 2.01. The van der Waals surface area contributed by atoms with Crippen molar-refractivity contribution in [3.8, 4) is 16.3 Å². The molecule has 1 aliphatic heterocycles. The zero-order valence-electron chi connectivity index (χ0n) is 8.47. The molecule has 0 spiro atoms. The van der Waals surface area contributed by atoms with Gasteiger partial charge in [0.1, 0.15) is 0 Å². The monoisotopic (exact) mass is 225 g/mol. The summed E-state index contributed by atoms with van der Waals surface area (Å²) in [6, 6.07) is 12.8. The highest BCUT2D eigenvalue weighted by atomic mass is 32.1. The summed E-state index contributed by atoms with van der Waals surface area (Å²) in [5.74, 6) is 0. The molecule has 4 rings (SSSR count). The van der Waals surface area contributed by atoms with Crippen molar-refractivity contribution in [1.82, 2.24) is 0 Å². The van der Waals surface area contributed by atoms with Crippen molar-refractivity contribution >= 4 is 27.1 Å². The molecule has 16 heavy (non-hydrogen) atoms. The van der Waals surface area contributed by atoms with E-state index < -0.39 is 0 Å². The first-order valence-electron chi connectivity index (χ1n) is 5.18. The predicted molar refractivity (Wildman–Crippen MR) is 66.8 cm³/mol. The summed E-state index contributed by atoms with van der Waals surface area (Å²) < 4.78 is 2.19. The Bertz CT molecular complexity index is 672. The minimum atomic E-state index is 0.863. The second-order valence-electron chi connectivity index (χ2n) is 3.99. The number of nitrogen functional groups attached to an aromatic ring is 1. The first-order valence-corrected chi connectivity index (χ1v) is 6.00. The van der Waals surface area contributed by atoms with Crippen molar-refractivity contribution in [2.45, 2.75) is 0 Å². The molecular weight excluding hydrogens is 216 g/mol. The van der Waals surface area contributed by atoms with Crippen LogP contribution in [0.1, 0.15) is 0 Å². The van der Waals surface area contributed by atoms with Gasteiger partial charge >= 0.3 is 0 Å². The van der Waals surface area contributed by atoms with Crippen LogP contribution in [-0.2, 0) is 0 Å². The number of hydrogen-bond acceptors (Lipinski definition) is 2. The molecule has 2 N–H and O–H groups in total. The lowest BCUT2D eigenvalue weighted by molar-refractivity contribution is -0.573. The number of nitrogens with zero attached hydrogens (tertiary/aromatic N) is 1. The summed E-state index contributed by atoms with van der Waals surface area (Å²) >= 11 is 1.65. The fourth-order valence-corrected chi connectivity index (χ4v) is 3.35. The Morgan fingerprint density at radius 3 is 2.75 bits per heavy atom. The van der Waals surface area contributed by atoms with E-state index in [9.17, 15) is 0 Å². The summed E-state index contributed by atoms with van der Waals surface area (Å²) in [7, 11) is 0. The number of benzene rings is 2. The van der Waals surface area contributed by atoms with E-state index in [1.807, 2.05) is 6.20 Å². The van der Waals surface area contributed by atoms with E-state index in [4.69, 9.17) is 5.73 Å². The number of aromatic nitrogens is 1. The van der Waals surface area contributed by atoms with Crippen LogP contribution in [0.2, 0.25) is 0 Å². The first kappa shape index (κ1) is 8.30. The van der Waals surface area contributed by atoms with E-state index in [1.54, 1.807) is 11.3 Å². The fourth-order valence-electron chi connectivity index (χ4n) is 2.44. The average molecular weight is 225 g/mol. The van der Waals surface area contributed by atoms with Crippen LogP contribution in [0.15, 0.2) is 42.6 Å². The molecule has 0 bridgehead atoms. The lowest BCUT2D eigenvalue weighted by Crippen LogP contribution is -2.26. The number of nitrogens with two attached hydrogens (primary N) is 1. The van der Waals surface area contributed by atoms with Gasteiger partial charge < -0.3 is 5.73 Å². The van der Waals surface area contributed by atoms with Gasteiger partial charge in [-0.3, -0.25) is 0 Å². The summed E-state index contributed by atoms with van der Waals surface area (Å²) in [5, 5.41) is 4.74. The van der Waals surface area contributed by atoms with Crippen LogP contribution in [0, 0.1) is 0 Å². The minimum Gasteiger partial charge on any atom is -0.385 e. The number of anilines is 1. The molecule has 0 unspecified atom stereocenters. The predicted octanol–water partition coefficient (Wildman–Crippen LogP) is 2.74. The first-order chi connectivity index (χ1) is 7.84. The van der Waals surface area contributed by atoms with Crippen molar-refractivity contribution < 1.29 is 4.57 Å². The van der Waals surface area contributed by atoms with E-state index in [2.05, 4.69) is 41.0 Å². The number of rotatable bonds is 0. The van der Waals surface area contributed by atoms with Gasteiger partial charge in [0.05, 0.1) is 10.9 Å². The van der Waals surface area contributed by atoms with Crippen molar-refractivity contribution in [3.05, 3.63) is 42.6 Å². The van der Waals surface area contributed by atoms with Crippen LogP contribution in [0.25, 0.3) is 27.0 Å². The molecule has 0 saturated carbocycles. The van der Waals surface area contributed by atoms with Crippen LogP contribution < -0.4 is 10.3 Å². The molecule has 0 radical (unpaired) electrons. The molecule has 0 aliphatic carbocycles. The Kier molecular flexibility index (Phi) is 1.36. The van der Waals surface area contributed by atoms with Gasteiger partial charge in [-0.1, -0.05) is 24.3 Å². The smallest absolute Gasteiger partial charge is 0.277 e.